The van der Waals surface area contributed by atoms with Gasteiger partial charge in [-0.05, 0) is 65.8 Å². The SMILES string of the molecule is Cc1ccc2c(c1)N(CC(N)=O)C(=O)C(N(C(N)=O)c1ccccc1-n1ncnn1)CC2Cc1ccccc1. The van der Waals surface area contributed by atoms with Crippen molar-refractivity contribution in [2.24, 2.45) is 11.5 Å². The largest absolute Gasteiger partial charge is 0.368 e. The summed E-state index contributed by atoms with van der Waals surface area (Å²) >= 11 is 0. The molecule has 5 rings (SSSR count). The fraction of sp³-hybridized carbons (Fsp3) is 0.214. The van der Waals surface area contributed by atoms with E-state index in [1.807, 2.05) is 55.5 Å². The van der Waals surface area contributed by atoms with Crippen LogP contribution in [0.25, 0.3) is 5.69 Å². The van der Waals surface area contributed by atoms with E-state index < -0.39 is 23.9 Å². The maximum Gasteiger partial charge on any atom is 0.320 e. The topological polar surface area (TPSA) is 153 Å². The van der Waals surface area contributed by atoms with Crippen LogP contribution in [0.1, 0.15) is 29.0 Å². The molecule has 4 amide bonds. The number of nitrogens with two attached hydrogens (primary N) is 2. The highest BCUT2D eigenvalue weighted by Crippen LogP contribution is 2.40. The summed E-state index contributed by atoms with van der Waals surface area (Å²) in [5.41, 5.74) is 15.8. The van der Waals surface area contributed by atoms with Gasteiger partial charge < -0.3 is 16.4 Å². The van der Waals surface area contributed by atoms with E-state index in [1.54, 1.807) is 24.3 Å². The molecule has 0 fully saturated rings. The molecule has 2 heterocycles. The molecule has 1 aliphatic heterocycles. The second kappa shape index (κ2) is 10.7. The summed E-state index contributed by atoms with van der Waals surface area (Å²) in [6, 6.07) is 20.7. The Morgan fingerprint density at radius 3 is 2.44 bits per heavy atom. The number of fused-ring (bicyclic) bond motifs is 1. The quantitative estimate of drug-likeness (QED) is 0.379. The second-order valence-corrected chi connectivity index (χ2v) is 9.51. The van der Waals surface area contributed by atoms with Crippen molar-refractivity contribution in [3.8, 4) is 5.69 Å². The van der Waals surface area contributed by atoms with Crippen molar-refractivity contribution in [3.05, 3.63) is 95.8 Å². The molecule has 11 heteroatoms. The fourth-order valence-corrected chi connectivity index (χ4v) is 5.21. The number of anilines is 2. The normalized spacial score (nSPS) is 16.8. The summed E-state index contributed by atoms with van der Waals surface area (Å²) in [4.78, 5) is 43.5. The molecule has 0 saturated carbocycles. The van der Waals surface area contributed by atoms with Crippen LogP contribution in [-0.4, -0.2) is 50.6 Å². The van der Waals surface area contributed by atoms with Gasteiger partial charge in [-0.2, -0.15) is 0 Å². The van der Waals surface area contributed by atoms with Crippen LogP contribution in [0, 0.1) is 6.92 Å². The van der Waals surface area contributed by atoms with E-state index in [2.05, 4.69) is 15.4 Å². The molecule has 2 atom stereocenters. The number of carbonyl (C=O) groups excluding carboxylic acids is 3. The van der Waals surface area contributed by atoms with Crippen LogP contribution in [0.3, 0.4) is 0 Å². The lowest BCUT2D eigenvalue weighted by molar-refractivity contribution is -0.123. The van der Waals surface area contributed by atoms with Gasteiger partial charge in [-0.25, -0.2) is 4.79 Å². The first-order valence-electron chi connectivity index (χ1n) is 12.5. The molecule has 0 saturated heterocycles. The van der Waals surface area contributed by atoms with E-state index in [0.29, 0.717) is 23.5 Å². The number of urea groups is 1. The third-order valence-corrected chi connectivity index (χ3v) is 6.87. The van der Waals surface area contributed by atoms with E-state index in [-0.39, 0.29) is 18.9 Å². The van der Waals surface area contributed by atoms with Gasteiger partial charge in [0.1, 0.15) is 18.3 Å². The van der Waals surface area contributed by atoms with Crippen molar-refractivity contribution < 1.29 is 14.4 Å². The zero-order valence-corrected chi connectivity index (χ0v) is 21.3. The van der Waals surface area contributed by atoms with Gasteiger partial charge >= 0.3 is 6.03 Å². The summed E-state index contributed by atoms with van der Waals surface area (Å²) in [6.07, 6.45) is 2.12. The lowest BCUT2D eigenvalue weighted by atomic mass is 9.86. The van der Waals surface area contributed by atoms with Crippen molar-refractivity contribution in [3.63, 3.8) is 0 Å². The molecule has 0 spiro atoms. The minimum atomic E-state index is -1.05. The monoisotopic (exact) mass is 524 g/mol. The van der Waals surface area contributed by atoms with Gasteiger partial charge in [0.15, 0.2) is 6.33 Å². The average Bonchev–Trinajstić information content (AvgIpc) is 3.43. The Morgan fingerprint density at radius 1 is 1.00 bits per heavy atom. The molecule has 0 bridgehead atoms. The van der Waals surface area contributed by atoms with E-state index in [0.717, 1.165) is 16.7 Å². The van der Waals surface area contributed by atoms with Gasteiger partial charge in [0.05, 0.1) is 5.69 Å². The molecule has 1 aliphatic rings. The van der Waals surface area contributed by atoms with Crippen LogP contribution >= 0.6 is 0 Å². The molecule has 4 N–H and O–H groups in total. The van der Waals surface area contributed by atoms with Crippen LogP contribution < -0.4 is 21.3 Å². The van der Waals surface area contributed by atoms with Crippen molar-refractivity contribution >= 4 is 29.2 Å². The maximum atomic E-state index is 14.3. The van der Waals surface area contributed by atoms with Gasteiger partial charge in [0, 0.05) is 5.69 Å². The Bertz CT molecular complexity index is 1510. The lowest BCUT2D eigenvalue weighted by Crippen LogP contribution is -2.54. The number of aromatic nitrogens is 4. The standard InChI is InChI=1S/C28H28N8O3/c1-18-11-12-21-20(14-19-7-3-2-4-8-19)15-25(27(38)34(16-26(29)37)24(21)13-18)35(28(30)39)22-9-5-6-10-23(22)36-32-17-31-33-36/h2-13,17,20,25H,14-16H2,1H3,(H2,29,37)(H2,30,39). The summed E-state index contributed by atoms with van der Waals surface area (Å²) < 4.78 is 0. The number of amides is 4. The third kappa shape index (κ3) is 5.19. The minimum Gasteiger partial charge on any atom is -0.368 e. The van der Waals surface area contributed by atoms with E-state index in [9.17, 15) is 14.4 Å². The minimum absolute atomic E-state index is 0.187. The maximum absolute atomic E-state index is 14.3. The zero-order chi connectivity index (χ0) is 27.5. The van der Waals surface area contributed by atoms with Crippen LogP contribution in [0.2, 0.25) is 0 Å². The smallest absolute Gasteiger partial charge is 0.320 e. The van der Waals surface area contributed by atoms with E-state index >= 15 is 0 Å². The Hall–Kier alpha value is -5.06. The van der Waals surface area contributed by atoms with Crippen molar-refractivity contribution in [1.82, 2.24) is 20.2 Å². The molecule has 0 aliphatic carbocycles. The number of primary amides is 2. The van der Waals surface area contributed by atoms with Crippen LogP contribution in [0.4, 0.5) is 16.2 Å². The second-order valence-electron chi connectivity index (χ2n) is 9.51. The van der Waals surface area contributed by atoms with Crippen LogP contribution in [-0.2, 0) is 16.0 Å². The first-order valence-corrected chi connectivity index (χ1v) is 12.5. The van der Waals surface area contributed by atoms with Gasteiger partial charge in [0.2, 0.25) is 5.91 Å². The van der Waals surface area contributed by atoms with Gasteiger partial charge in [-0.15, -0.1) is 15.0 Å². The Labute approximate surface area is 225 Å². The number of carbonyl (C=O) groups is 3. The third-order valence-electron chi connectivity index (χ3n) is 6.87. The Balaban J connectivity index is 1.68. The number of rotatable bonds is 7. The molecule has 11 nitrogen and oxygen atoms in total. The zero-order valence-electron chi connectivity index (χ0n) is 21.3. The molecule has 2 unspecified atom stereocenters. The molecule has 0 radical (unpaired) electrons. The number of nitrogens with zero attached hydrogens (tertiary/aromatic N) is 6. The highest BCUT2D eigenvalue weighted by Gasteiger charge is 2.41. The number of hydrogen-bond donors (Lipinski definition) is 2. The molecule has 1 aromatic heterocycles. The predicted molar refractivity (Wildman–Crippen MR) is 145 cm³/mol. The number of aryl methyl sites for hydroxylation is 1. The lowest BCUT2D eigenvalue weighted by Gasteiger charge is -2.33. The average molecular weight is 525 g/mol. The molecular formula is C28H28N8O3. The molecular weight excluding hydrogens is 496 g/mol. The summed E-state index contributed by atoms with van der Waals surface area (Å²) in [7, 11) is 0. The van der Waals surface area contributed by atoms with Gasteiger partial charge in [-0.1, -0.05) is 54.6 Å². The molecule has 3 aromatic carbocycles. The summed E-state index contributed by atoms with van der Waals surface area (Å²) in [6.45, 7) is 1.57. The van der Waals surface area contributed by atoms with E-state index in [4.69, 9.17) is 11.5 Å². The predicted octanol–water partition coefficient (Wildman–Crippen LogP) is 2.47. The Morgan fingerprint density at radius 2 is 1.74 bits per heavy atom. The summed E-state index contributed by atoms with van der Waals surface area (Å²) in [5, 5.41) is 11.8. The highest BCUT2D eigenvalue weighted by atomic mass is 16.2. The van der Waals surface area contributed by atoms with Crippen LogP contribution in [0.15, 0.2) is 79.1 Å². The fourth-order valence-electron chi connectivity index (χ4n) is 5.21. The van der Waals surface area contributed by atoms with Crippen LogP contribution in [0.5, 0.6) is 0 Å². The van der Waals surface area contributed by atoms with E-state index in [1.165, 1.54) is 20.9 Å². The molecule has 198 valence electrons. The van der Waals surface area contributed by atoms with Crippen molar-refractivity contribution in [1.29, 1.82) is 0 Å². The van der Waals surface area contributed by atoms with Crippen molar-refractivity contribution in [2.75, 3.05) is 16.3 Å². The molecule has 4 aromatic rings. The number of para-hydroxylation sites is 2. The Kier molecular flexibility index (Phi) is 7.04. The number of tetrazole rings is 1. The van der Waals surface area contributed by atoms with Crippen molar-refractivity contribution in [2.45, 2.75) is 31.7 Å². The number of hydrogen-bond acceptors (Lipinski definition) is 6. The highest BCUT2D eigenvalue weighted by molar-refractivity contribution is 6.08. The number of benzene rings is 3. The van der Waals surface area contributed by atoms with Gasteiger partial charge in [-0.3, -0.25) is 14.5 Å². The van der Waals surface area contributed by atoms with Gasteiger partial charge in [0.25, 0.3) is 5.91 Å². The first kappa shape index (κ1) is 25.6. The first-order chi connectivity index (χ1) is 18.8. The summed E-state index contributed by atoms with van der Waals surface area (Å²) in [5.74, 6) is -1.32. The molecule has 39 heavy (non-hydrogen) atoms.